The third kappa shape index (κ3) is 7.45. The topological polar surface area (TPSA) is 150 Å². The van der Waals surface area contributed by atoms with Crippen molar-refractivity contribution in [3.8, 4) is 11.5 Å². The minimum Gasteiger partial charge on any atom is -0.478 e. The number of pyridine rings is 1. The number of hydrogen-bond donors (Lipinski definition) is 3. The van der Waals surface area contributed by atoms with Crippen molar-refractivity contribution in [3.05, 3.63) is 83.0 Å². The Hall–Kier alpha value is -4.97. The number of benzene rings is 2. The van der Waals surface area contributed by atoms with Gasteiger partial charge in [0, 0.05) is 50.9 Å². The molecule has 3 amide bonds. The third-order valence-electron chi connectivity index (χ3n) is 8.45. The minimum absolute atomic E-state index is 0.000831. The van der Waals surface area contributed by atoms with Crippen LogP contribution in [0.25, 0.3) is 0 Å². The molecule has 3 aliphatic heterocycles. The molecule has 2 saturated heterocycles. The first-order valence-electron chi connectivity index (χ1n) is 15.7. The van der Waals surface area contributed by atoms with Crippen LogP contribution >= 0.6 is 0 Å². The van der Waals surface area contributed by atoms with E-state index in [1.807, 2.05) is 28.0 Å². The summed E-state index contributed by atoms with van der Waals surface area (Å²) in [6, 6.07) is 14.7. The molecule has 0 saturated carbocycles. The van der Waals surface area contributed by atoms with Crippen molar-refractivity contribution in [3.63, 3.8) is 0 Å². The van der Waals surface area contributed by atoms with Crippen molar-refractivity contribution >= 4 is 29.5 Å². The molecular weight excluding hydrogens is 590 g/mol. The molecule has 3 N–H and O–H groups in total. The van der Waals surface area contributed by atoms with E-state index in [2.05, 4.69) is 15.6 Å². The average Bonchev–Trinajstić information content (AvgIpc) is 3.47. The maximum Gasteiger partial charge on any atom is 0.335 e. The van der Waals surface area contributed by atoms with E-state index < -0.39 is 11.9 Å². The second-order valence-corrected chi connectivity index (χ2v) is 11.8. The number of hydrogen-bond acceptors (Lipinski definition) is 8. The molecule has 6 rings (SSSR count). The number of aromatic carboxylic acids is 1. The first-order valence-corrected chi connectivity index (χ1v) is 15.7. The molecule has 1 aromatic heterocycles. The lowest BCUT2D eigenvalue weighted by molar-refractivity contribution is -0.122. The van der Waals surface area contributed by atoms with Gasteiger partial charge in [0.25, 0.3) is 11.8 Å². The average molecular weight is 628 g/mol. The standard InChI is InChI=1S/C34H37N5O7/c40-31-8-5-11-35-32(41)24-15-25(34(43)44)17-27(16-24)46-26-7-4-6-22(14-26)21-45-29-20-39(19-28(29)37-31)30-10-9-23(18-36-30)33(42)38-12-2-1-3-13-38/h4,6-7,9-10,14-18,28-29H,1-3,5,8,11-13,19-21H2,(H,35,41)(H,37,40)(H,43,44)/t28-,29-/m0/s1. The van der Waals surface area contributed by atoms with Gasteiger partial charge in [-0.2, -0.15) is 0 Å². The zero-order valence-corrected chi connectivity index (χ0v) is 25.4. The highest BCUT2D eigenvalue weighted by Crippen LogP contribution is 2.27. The molecule has 12 heteroatoms. The summed E-state index contributed by atoms with van der Waals surface area (Å²) >= 11 is 0. The van der Waals surface area contributed by atoms with Crippen LogP contribution in [-0.4, -0.2) is 83.6 Å². The number of carboxylic acids is 1. The number of nitrogens with zero attached hydrogens (tertiary/aromatic N) is 3. The van der Waals surface area contributed by atoms with E-state index in [-0.39, 0.29) is 60.4 Å². The van der Waals surface area contributed by atoms with Gasteiger partial charge in [0.15, 0.2) is 0 Å². The summed E-state index contributed by atoms with van der Waals surface area (Å²) in [5, 5.41) is 15.4. The first kappa shape index (κ1) is 31.0. The monoisotopic (exact) mass is 627 g/mol. The number of carbonyl (C=O) groups excluding carboxylic acids is 3. The number of carbonyl (C=O) groups is 4. The zero-order chi connectivity index (χ0) is 32.0. The van der Waals surface area contributed by atoms with Crippen LogP contribution in [0.5, 0.6) is 11.5 Å². The Labute approximate surface area is 266 Å². The number of nitrogens with one attached hydrogen (secondary N) is 2. The maximum absolute atomic E-state index is 13.0. The van der Waals surface area contributed by atoms with Gasteiger partial charge in [-0.05, 0) is 73.7 Å². The summed E-state index contributed by atoms with van der Waals surface area (Å²) in [5.41, 5.74) is 1.44. The summed E-state index contributed by atoms with van der Waals surface area (Å²) in [5.74, 6) is -0.448. The fourth-order valence-corrected chi connectivity index (χ4v) is 6.03. The molecule has 2 aromatic carbocycles. The lowest BCUT2D eigenvalue weighted by Gasteiger charge is -2.26. The Morgan fingerprint density at radius 3 is 2.54 bits per heavy atom. The van der Waals surface area contributed by atoms with E-state index in [4.69, 9.17) is 9.47 Å². The van der Waals surface area contributed by atoms with Crippen molar-refractivity contribution in [2.24, 2.45) is 0 Å². The van der Waals surface area contributed by atoms with E-state index in [0.717, 1.165) is 37.9 Å². The summed E-state index contributed by atoms with van der Waals surface area (Å²) in [6.45, 7) is 2.96. The van der Waals surface area contributed by atoms with Gasteiger partial charge in [0.2, 0.25) is 5.91 Å². The van der Waals surface area contributed by atoms with Gasteiger partial charge in [0.1, 0.15) is 17.3 Å². The molecule has 0 unspecified atom stereocenters. The number of ether oxygens (including phenoxy) is 2. The second kappa shape index (κ2) is 14.0. The number of carboxylic acid groups (broad SMARTS) is 1. The van der Waals surface area contributed by atoms with E-state index in [9.17, 15) is 24.3 Å². The van der Waals surface area contributed by atoms with Crippen LogP contribution in [0.3, 0.4) is 0 Å². The van der Waals surface area contributed by atoms with Gasteiger partial charge in [-0.1, -0.05) is 12.1 Å². The minimum atomic E-state index is -1.18. The highest BCUT2D eigenvalue weighted by atomic mass is 16.5. The van der Waals surface area contributed by atoms with Crippen LogP contribution < -0.4 is 20.3 Å². The van der Waals surface area contributed by atoms with Gasteiger partial charge in [0.05, 0.1) is 29.9 Å². The van der Waals surface area contributed by atoms with E-state index in [1.165, 1.54) is 18.2 Å². The quantitative estimate of drug-likeness (QED) is 0.396. The largest absolute Gasteiger partial charge is 0.478 e. The smallest absolute Gasteiger partial charge is 0.335 e. The third-order valence-corrected chi connectivity index (χ3v) is 8.45. The highest BCUT2D eigenvalue weighted by Gasteiger charge is 2.35. The predicted molar refractivity (Wildman–Crippen MR) is 168 cm³/mol. The Kier molecular flexibility index (Phi) is 9.43. The Morgan fingerprint density at radius 2 is 1.76 bits per heavy atom. The van der Waals surface area contributed by atoms with Crippen molar-refractivity contribution < 1.29 is 33.8 Å². The van der Waals surface area contributed by atoms with Crippen molar-refractivity contribution in [1.29, 1.82) is 0 Å². The summed E-state index contributed by atoms with van der Waals surface area (Å²) in [6.07, 6.45) is 5.03. The number of fused-ring (bicyclic) bond motifs is 5. The van der Waals surface area contributed by atoms with Gasteiger partial charge in [-0.15, -0.1) is 0 Å². The van der Waals surface area contributed by atoms with E-state index in [0.29, 0.717) is 36.6 Å². The molecule has 0 radical (unpaired) electrons. The lowest BCUT2D eigenvalue weighted by atomic mass is 10.1. The van der Waals surface area contributed by atoms with Gasteiger partial charge < -0.3 is 35.0 Å². The summed E-state index contributed by atoms with van der Waals surface area (Å²) in [7, 11) is 0. The van der Waals surface area contributed by atoms with Crippen molar-refractivity contribution in [2.75, 3.05) is 37.6 Å². The molecule has 4 heterocycles. The molecule has 0 aliphatic carbocycles. The lowest BCUT2D eigenvalue weighted by Crippen LogP contribution is -2.44. The molecule has 2 atom stereocenters. The summed E-state index contributed by atoms with van der Waals surface area (Å²) in [4.78, 5) is 59.0. The molecule has 3 aromatic rings. The number of aromatic nitrogens is 1. The molecule has 2 fully saturated rings. The van der Waals surface area contributed by atoms with Crippen molar-refractivity contribution in [2.45, 2.75) is 50.9 Å². The van der Waals surface area contributed by atoms with Crippen LogP contribution in [0.1, 0.15) is 68.7 Å². The van der Waals surface area contributed by atoms with Gasteiger partial charge >= 0.3 is 5.97 Å². The van der Waals surface area contributed by atoms with Crippen LogP contribution in [0, 0.1) is 0 Å². The number of anilines is 1. The van der Waals surface area contributed by atoms with Crippen molar-refractivity contribution in [1.82, 2.24) is 20.5 Å². The van der Waals surface area contributed by atoms with Crippen LogP contribution in [0.4, 0.5) is 5.82 Å². The Morgan fingerprint density at radius 1 is 0.913 bits per heavy atom. The van der Waals surface area contributed by atoms with E-state index >= 15 is 0 Å². The van der Waals surface area contributed by atoms with Crippen LogP contribution in [-0.2, 0) is 16.1 Å². The molecule has 3 aliphatic rings. The number of amides is 3. The first-order chi connectivity index (χ1) is 22.3. The van der Waals surface area contributed by atoms with Gasteiger partial charge in [-0.3, -0.25) is 14.4 Å². The number of likely N-dealkylation sites (tertiary alicyclic amines) is 1. The highest BCUT2D eigenvalue weighted by molar-refractivity contribution is 5.98. The Bertz CT molecular complexity index is 1610. The fourth-order valence-electron chi connectivity index (χ4n) is 6.03. The molecule has 0 spiro atoms. The molecule has 4 bridgehead atoms. The molecule has 240 valence electrons. The van der Waals surface area contributed by atoms with Crippen LogP contribution in [0.15, 0.2) is 60.8 Å². The fraction of sp³-hybridized carbons (Fsp3) is 0.382. The Balaban J connectivity index is 1.19. The maximum atomic E-state index is 13.0. The zero-order valence-electron chi connectivity index (χ0n) is 25.4. The van der Waals surface area contributed by atoms with Gasteiger partial charge in [-0.25, -0.2) is 9.78 Å². The number of rotatable bonds is 3. The molecular formula is C34H37N5O7. The van der Waals surface area contributed by atoms with E-state index in [1.54, 1.807) is 24.4 Å². The van der Waals surface area contributed by atoms with Crippen LogP contribution in [0.2, 0.25) is 0 Å². The summed E-state index contributed by atoms with van der Waals surface area (Å²) < 4.78 is 12.4. The molecule has 46 heavy (non-hydrogen) atoms. The predicted octanol–water partition coefficient (Wildman–Crippen LogP) is 3.61. The SMILES string of the molecule is O=C1CCCNC(=O)c2cc(cc(C(=O)O)c2)Oc2cccc(c2)CO[C@H]2CN(c3ccc(C(=O)N4CCCCC4)cn3)C[C@@H]2N1. The number of piperidine rings is 1. The normalized spacial score (nSPS) is 20.8. The second-order valence-electron chi connectivity index (χ2n) is 11.8. The molecule has 12 nitrogen and oxygen atoms in total.